The van der Waals surface area contributed by atoms with E-state index in [1.54, 1.807) is 31.1 Å². The number of hydrogen-bond acceptors (Lipinski definition) is 6. The van der Waals surface area contributed by atoms with Crippen molar-refractivity contribution >= 4 is 35.9 Å². The molecular weight excluding hydrogens is 378 g/mol. The Morgan fingerprint density at radius 1 is 1.35 bits per heavy atom. The molecule has 0 spiro atoms. The fourth-order valence-corrected chi connectivity index (χ4v) is 3.53. The molecule has 1 aromatic carbocycles. The molecular formula is C16H19BCl2N4O3. The molecule has 0 aliphatic carbocycles. The van der Waals surface area contributed by atoms with Crippen molar-refractivity contribution in [2.75, 3.05) is 31.1 Å². The second-order valence-electron chi connectivity index (χ2n) is 6.20. The molecule has 3 rings (SSSR count). The van der Waals surface area contributed by atoms with Crippen LogP contribution in [-0.4, -0.2) is 64.1 Å². The first-order valence-corrected chi connectivity index (χ1v) is 9.01. The summed E-state index contributed by atoms with van der Waals surface area (Å²) in [5.41, 5.74) is 0.536. The molecule has 10 heteroatoms. The highest BCUT2D eigenvalue weighted by molar-refractivity contribution is 6.45. The third kappa shape index (κ3) is 3.75. The van der Waals surface area contributed by atoms with Gasteiger partial charge in [0.1, 0.15) is 5.02 Å². The lowest BCUT2D eigenvalue weighted by molar-refractivity contribution is 0.208. The van der Waals surface area contributed by atoms with Crippen LogP contribution in [0.4, 0.5) is 5.69 Å². The molecule has 0 radical (unpaired) electrons. The van der Waals surface area contributed by atoms with Gasteiger partial charge in [-0.05, 0) is 25.0 Å². The highest BCUT2D eigenvalue weighted by atomic mass is 35.5. The summed E-state index contributed by atoms with van der Waals surface area (Å²) >= 11 is 12.3. The molecule has 0 saturated carbocycles. The molecule has 2 N–H and O–H groups in total. The summed E-state index contributed by atoms with van der Waals surface area (Å²) in [4.78, 5) is 16.4. The predicted molar refractivity (Wildman–Crippen MR) is 103 cm³/mol. The average molecular weight is 397 g/mol. The molecule has 7 nitrogen and oxygen atoms in total. The van der Waals surface area contributed by atoms with Gasteiger partial charge in [0.15, 0.2) is 0 Å². The normalized spacial score (nSPS) is 18.2. The minimum Gasteiger partial charge on any atom is -0.437 e. The molecule has 2 heterocycles. The zero-order valence-corrected chi connectivity index (χ0v) is 15.7. The van der Waals surface area contributed by atoms with Gasteiger partial charge in [0, 0.05) is 24.7 Å². The number of rotatable bonds is 4. The smallest absolute Gasteiger partial charge is 0.376 e. The first kappa shape index (κ1) is 19.2. The van der Waals surface area contributed by atoms with E-state index in [9.17, 15) is 14.9 Å². The Bertz CT molecular complexity index is 848. The fraction of sp³-hybridized carbons (Fsp3) is 0.375. The Morgan fingerprint density at radius 3 is 2.77 bits per heavy atom. The van der Waals surface area contributed by atoms with Crippen molar-refractivity contribution in [3.63, 3.8) is 0 Å². The second-order valence-corrected chi connectivity index (χ2v) is 7.01. The van der Waals surface area contributed by atoms with Crippen LogP contribution in [0.5, 0.6) is 0 Å². The molecule has 0 amide bonds. The van der Waals surface area contributed by atoms with E-state index in [2.05, 4.69) is 5.10 Å². The van der Waals surface area contributed by atoms with E-state index in [1.165, 1.54) is 10.9 Å². The number of anilines is 1. The van der Waals surface area contributed by atoms with Crippen molar-refractivity contribution < 1.29 is 10.1 Å². The number of benzene rings is 1. The fourth-order valence-electron chi connectivity index (χ4n) is 3.11. The SMILES string of the molecule is CB(O)N1CCN(c2cnn(-c3cccc(Cl)c3)c(=O)c2Cl)C(CO)C1. The Kier molecular flexibility index (Phi) is 5.89. The lowest BCUT2D eigenvalue weighted by Gasteiger charge is -2.42. The van der Waals surface area contributed by atoms with Crippen LogP contribution in [0, 0.1) is 0 Å². The summed E-state index contributed by atoms with van der Waals surface area (Å²) < 4.78 is 1.19. The molecule has 1 saturated heterocycles. The van der Waals surface area contributed by atoms with E-state index < -0.39 is 12.6 Å². The summed E-state index contributed by atoms with van der Waals surface area (Å²) in [5.74, 6) is 0. The average Bonchev–Trinajstić information content (AvgIpc) is 2.63. The number of nitrogens with zero attached hydrogens (tertiary/aromatic N) is 4. The number of aliphatic hydroxyl groups is 1. The number of piperazine rings is 1. The van der Waals surface area contributed by atoms with E-state index >= 15 is 0 Å². The minimum absolute atomic E-state index is 0.0314. The van der Waals surface area contributed by atoms with E-state index in [4.69, 9.17) is 23.2 Å². The van der Waals surface area contributed by atoms with Crippen molar-refractivity contribution in [3.05, 3.63) is 50.9 Å². The maximum Gasteiger partial charge on any atom is 0.376 e. The van der Waals surface area contributed by atoms with Gasteiger partial charge in [0.05, 0.1) is 30.2 Å². The van der Waals surface area contributed by atoms with Crippen LogP contribution < -0.4 is 10.5 Å². The Morgan fingerprint density at radius 2 is 2.12 bits per heavy atom. The lowest BCUT2D eigenvalue weighted by Crippen LogP contribution is -2.58. The second kappa shape index (κ2) is 7.98. The van der Waals surface area contributed by atoms with Crippen LogP contribution >= 0.6 is 23.2 Å². The lowest BCUT2D eigenvalue weighted by atomic mass is 9.83. The molecule has 138 valence electrons. The summed E-state index contributed by atoms with van der Waals surface area (Å²) in [7, 11) is -0.601. The van der Waals surface area contributed by atoms with Gasteiger partial charge in [-0.3, -0.25) is 4.79 Å². The molecule has 1 aliphatic rings. The van der Waals surface area contributed by atoms with Gasteiger partial charge in [0.2, 0.25) is 0 Å². The van der Waals surface area contributed by atoms with Crippen LogP contribution in [0.15, 0.2) is 35.3 Å². The van der Waals surface area contributed by atoms with Crippen LogP contribution in [-0.2, 0) is 0 Å². The number of hydrogen-bond donors (Lipinski definition) is 2. The van der Waals surface area contributed by atoms with Crippen LogP contribution in [0.1, 0.15) is 0 Å². The van der Waals surface area contributed by atoms with E-state index in [0.29, 0.717) is 36.0 Å². The summed E-state index contributed by atoms with van der Waals surface area (Å²) in [6.07, 6.45) is 1.52. The molecule has 1 atom stereocenters. The van der Waals surface area contributed by atoms with Gasteiger partial charge in [-0.15, -0.1) is 0 Å². The Balaban J connectivity index is 1.94. The van der Waals surface area contributed by atoms with Gasteiger partial charge in [-0.2, -0.15) is 9.78 Å². The minimum atomic E-state index is -0.601. The molecule has 1 unspecified atom stereocenters. The van der Waals surface area contributed by atoms with Crippen LogP contribution in [0.25, 0.3) is 5.69 Å². The summed E-state index contributed by atoms with van der Waals surface area (Å²) in [6.45, 7) is 3.11. The largest absolute Gasteiger partial charge is 0.437 e. The van der Waals surface area contributed by atoms with Gasteiger partial charge in [0.25, 0.3) is 5.56 Å². The van der Waals surface area contributed by atoms with Crippen molar-refractivity contribution in [1.82, 2.24) is 14.6 Å². The standard InChI is InChI=1S/C16H19BCl2N4O3/c1-17(26)21-5-6-22(13(9-21)10-24)14-8-20-23(16(25)15(14)19)12-4-2-3-11(18)7-12/h2-4,7-8,13,24,26H,5-6,9-10H2,1H3. The third-order valence-corrected chi connectivity index (χ3v) is 5.11. The molecule has 1 aliphatic heterocycles. The maximum atomic E-state index is 12.7. The zero-order chi connectivity index (χ0) is 18.8. The van der Waals surface area contributed by atoms with E-state index in [1.807, 2.05) is 9.71 Å². The topological polar surface area (TPSA) is 81.8 Å². The molecule has 2 aromatic rings. The molecule has 1 aromatic heterocycles. The monoisotopic (exact) mass is 396 g/mol. The van der Waals surface area contributed by atoms with Gasteiger partial charge < -0.3 is 19.8 Å². The first-order valence-electron chi connectivity index (χ1n) is 8.25. The van der Waals surface area contributed by atoms with Crippen molar-refractivity contribution in [2.45, 2.75) is 12.9 Å². The van der Waals surface area contributed by atoms with Crippen molar-refractivity contribution in [2.24, 2.45) is 0 Å². The summed E-state index contributed by atoms with van der Waals surface area (Å²) in [6, 6.07) is 6.49. The van der Waals surface area contributed by atoms with E-state index in [0.717, 1.165) is 0 Å². The molecule has 0 bridgehead atoms. The summed E-state index contributed by atoms with van der Waals surface area (Å²) in [5, 5.41) is 24.2. The maximum absolute atomic E-state index is 12.7. The highest BCUT2D eigenvalue weighted by Gasteiger charge is 2.31. The van der Waals surface area contributed by atoms with Gasteiger partial charge in [-0.25, -0.2) is 0 Å². The van der Waals surface area contributed by atoms with Gasteiger partial charge in [-0.1, -0.05) is 29.3 Å². The first-order chi connectivity index (χ1) is 12.4. The number of aromatic nitrogens is 2. The van der Waals surface area contributed by atoms with E-state index in [-0.39, 0.29) is 17.7 Å². The van der Waals surface area contributed by atoms with Gasteiger partial charge >= 0.3 is 7.05 Å². The molecule has 1 fully saturated rings. The molecule has 26 heavy (non-hydrogen) atoms. The third-order valence-electron chi connectivity index (χ3n) is 4.52. The van der Waals surface area contributed by atoms with Crippen molar-refractivity contribution in [3.8, 4) is 5.69 Å². The highest BCUT2D eigenvalue weighted by Crippen LogP contribution is 2.26. The number of halogens is 2. The van der Waals surface area contributed by atoms with Crippen LogP contribution in [0.2, 0.25) is 16.9 Å². The quantitative estimate of drug-likeness (QED) is 0.754. The zero-order valence-electron chi connectivity index (χ0n) is 14.2. The predicted octanol–water partition coefficient (Wildman–Crippen LogP) is 1.13. The Labute approximate surface area is 161 Å². The van der Waals surface area contributed by atoms with Crippen LogP contribution in [0.3, 0.4) is 0 Å². The van der Waals surface area contributed by atoms with Crippen molar-refractivity contribution in [1.29, 1.82) is 0 Å². The number of aliphatic hydroxyl groups excluding tert-OH is 1. The Hall–Kier alpha value is -1.58.